The highest BCUT2D eigenvalue weighted by molar-refractivity contribution is 5.86. The second-order valence-corrected chi connectivity index (χ2v) is 6.70. The highest BCUT2D eigenvalue weighted by Gasteiger charge is 2.23. The maximum absolute atomic E-state index is 11.5. The summed E-state index contributed by atoms with van der Waals surface area (Å²) >= 11 is 0. The third-order valence-corrected chi connectivity index (χ3v) is 4.97. The number of H-pyrrole nitrogens is 1. The zero-order chi connectivity index (χ0) is 19.7. The molecule has 2 heterocycles. The van der Waals surface area contributed by atoms with Gasteiger partial charge in [-0.05, 0) is 47.9 Å². The number of aromatic nitrogens is 2. The lowest BCUT2D eigenvalue weighted by Gasteiger charge is -2.19. The standard InChI is InChI=1S/C23H20N2O3/c1-14-12-15(10-11-21(14)28-2)22(19-8-5-9-20(25-19)23(26)27)17-13-24-18-7-4-3-6-16(17)18/h3-13,22,24H,1-2H3,(H,26,27). The van der Waals surface area contributed by atoms with Crippen molar-refractivity contribution in [2.75, 3.05) is 7.11 Å². The van der Waals surface area contributed by atoms with Gasteiger partial charge in [0.1, 0.15) is 11.4 Å². The van der Waals surface area contributed by atoms with Gasteiger partial charge in [0, 0.05) is 17.1 Å². The number of nitrogens with zero attached hydrogens (tertiary/aromatic N) is 1. The van der Waals surface area contributed by atoms with Crippen molar-refractivity contribution in [3.8, 4) is 5.75 Å². The summed E-state index contributed by atoms with van der Waals surface area (Å²) in [6.45, 7) is 2.00. The van der Waals surface area contributed by atoms with Crippen LogP contribution >= 0.6 is 0 Å². The van der Waals surface area contributed by atoms with Crippen LogP contribution in [0.15, 0.2) is 66.9 Å². The van der Waals surface area contributed by atoms with Crippen molar-refractivity contribution in [1.29, 1.82) is 0 Å². The molecule has 2 N–H and O–H groups in total. The molecule has 0 bridgehead atoms. The number of pyridine rings is 1. The van der Waals surface area contributed by atoms with Crippen LogP contribution in [-0.4, -0.2) is 28.2 Å². The number of aromatic amines is 1. The molecular weight excluding hydrogens is 352 g/mol. The average molecular weight is 372 g/mol. The molecule has 140 valence electrons. The smallest absolute Gasteiger partial charge is 0.354 e. The van der Waals surface area contributed by atoms with Crippen LogP contribution in [-0.2, 0) is 0 Å². The molecule has 1 unspecified atom stereocenters. The Morgan fingerprint density at radius 3 is 2.68 bits per heavy atom. The van der Waals surface area contributed by atoms with E-state index < -0.39 is 5.97 Å². The molecule has 0 aliphatic heterocycles. The van der Waals surface area contributed by atoms with Gasteiger partial charge in [-0.2, -0.15) is 0 Å². The molecular formula is C23H20N2O3. The average Bonchev–Trinajstić information content (AvgIpc) is 3.12. The molecule has 5 nitrogen and oxygen atoms in total. The number of nitrogens with one attached hydrogen (secondary N) is 1. The van der Waals surface area contributed by atoms with E-state index in [9.17, 15) is 9.90 Å². The molecule has 0 radical (unpaired) electrons. The minimum atomic E-state index is -1.04. The number of carboxylic acids is 1. The number of methoxy groups -OCH3 is 1. The maximum atomic E-state index is 11.5. The number of benzene rings is 2. The van der Waals surface area contributed by atoms with Crippen LogP contribution in [0.5, 0.6) is 5.75 Å². The van der Waals surface area contributed by atoms with Gasteiger partial charge in [-0.3, -0.25) is 0 Å². The Morgan fingerprint density at radius 1 is 1.11 bits per heavy atom. The Bertz CT molecular complexity index is 1160. The molecule has 2 aromatic carbocycles. The molecule has 4 aromatic rings. The number of aryl methyl sites for hydroxylation is 1. The van der Waals surface area contributed by atoms with Crippen LogP contribution < -0.4 is 4.74 Å². The lowest BCUT2D eigenvalue weighted by Crippen LogP contribution is -2.09. The zero-order valence-electron chi connectivity index (χ0n) is 15.6. The van der Waals surface area contributed by atoms with Crippen LogP contribution in [0.25, 0.3) is 10.9 Å². The van der Waals surface area contributed by atoms with Crippen molar-refractivity contribution in [1.82, 2.24) is 9.97 Å². The van der Waals surface area contributed by atoms with Crippen molar-refractivity contribution in [3.63, 3.8) is 0 Å². The molecule has 1 atom stereocenters. The normalized spacial score (nSPS) is 12.1. The van der Waals surface area contributed by atoms with Gasteiger partial charge in [0.2, 0.25) is 0 Å². The lowest BCUT2D eigenvalue weighted by molar-refractivity contribution is 0.0690. The van der Waals surface area contributed by atoms with Crippen LogP contribution in [0, 0.1) is 6.92 Å². The fourth-order valence-corrected chi connectivity index (χ4v) is 3.65. The van der Waals surface area contributed by atoms with Gasteiger partial charge in [0.05, 0.1) is 18.7 Å². The van der Waals surface area contributed by atoms with Crippen LogP contribution in [0.1, 0.15) is 38.8 Å². The Labute approximate surface area is 162 Å². The number of hydrogen-bond donors (Lipinski definition) is 2. The molecule has 0 aliphatic carbocycles. The number of para-hydroxylation sites is 1. The van der Waals surface area contributed by atoms with Gasteiger partial charge in [-0.15, -0.1) is 0 Å². The van der Waals surface area contributed by atoms with Crippen molar-refractivity contribution in [2.24, 2.45) is 0 Å². The first-order valence-corrected chi connectivity index (χ1v) is 8.99. The molecule has 0 aliphatic rings. The second kappa shape index (κ2) is 7.19. The number of carbonyl (C=O) groups is 1. The molecule has 0 saturated heterocycles. The van der Waals surface area contributed by atoms with Crippen molar-refractivity contribution >= 4 is 16.9 Å². The number of rotatable bonds is 5. The van der Waals surface area contributed by atoms with E-state index in [0.29, 0.717) is 5.69 Å². The summed E-state index contributed by atoms with van der Waals surface area (Å²) in [5.41, 5.74) is 4.84. The number of carboxylic acid groups (broad SMARTS) is 1. The molecule has 0 fully saturated rings. The van der Waals surface area contributed by atoms with Crippen LogP contribution in [0.3, 0.4) is 0 Å². The Balaban J connectivity index is 1.95. The third-order valence-electron chi connectivity index (χ3n) is 4.97. The van der Waals surface area contributed by atoms with E-state index in [1.807, 2.05) is 49.5 Å². The maximum Gasteiger partial charge on any atom is 0.354 e. The fraction of sp³-hybridized carbons (Fsp3) is 0.130. The Morgan fingerprint density at radius 2 is 1.93 bits per heavy atom. The van der Waals surface area contributed by atoms with E-state index >= 15 is 0 Å². The summed E-state index contributed by atoms with van der Waals surface area (Å²) in [6, 6.07) is 19.2. The summed E-state index contributed by atoms with van der Waals surface area (Å²) in [4.78, 5) is 19.2. The molecule has 0 spiro atoms. The predicted octanol–water partition coefficient (Wildman–Crippen LogP) is 4.76. The molecule has 5 heteroatoms. The quantitative estimate of drug-likeness (QED) is 0.530. The van der Waals surface area contributed by atoms with Gasteiger partial charge in [0.15, 0.2) is 0 Å². The largest absolute Gasteiger partial charge is 0.496 e. The first kappa shape index (κ1) is 17.8. The lowest BCUT2D eigenvalue weighted by atomic mass is 9.87. The summed E-state index contributed by atoms with van der Waals surface area (Å²) < 4.78 is 5.40. The van der Waals surface area contributed by atoms with Crippen LogP contribution in [0.2, 0.25) is 0 Å². The summed E-state index contributed by atoms with van der Waals surface area (Å²) in [5, 5.41) is 10.5. The number of fused-ring (bicyclic) bond motifs is 1. The molecule has 2 aromatic heterocycles. The third kappa shape index (κ3) is 3.11. The van der Waals surface area contributed by atoms with Crippen molar-refractivity contribution in [2.45, 2.75) is 12.8 Å². The minimum absolute atomic E-state index is 0.0348. The van der Waals surface area contributed by atoms with E-state index in [4.69, 9.17) is 4.74 Å². The van der Waals surface area contributed by atoms with E-state index in [2.05, 4.69) is 22.1 Å². The first-order valence-electron chi connectivity index (χ1n) is 8.99. The highest BCUT2D eigenvalue weighted by atomic mass is 16.5. The van der Waals surface area contributed by atoms with Gasteiger partial charge in [0.25, 0.3) is 0 Å². The number of aromatic carboxylic acids is 1. The van der Waals surface area contributed by atoms with Gasteiger partial charge in [-0.25, -0.2) is 9.78 Å². The van der Waals surface area contributed by atoms with E-state index in [1.54, 1.807) is 13.2 Å². The molecule has 28 heavy (non-hydrogen) atoms. The number of ether oxygens (including phenoxy) is 1. The Kier molecular flexibility index (Phi) is 4.57. The predicted molar refractivity (Wildman–Crippen MR) is 108 cm³/mol. The second-order valence-electron chi connectivity index (χ2n) is 6.70. The minimum Gasteiger partial charge on any atom is -0.496 e. The Hall–Kier alpha value is -3.60. The van der Waals surface area contributed by atoms with E-state index in [0.717, 1.165) is 33.3 Å². The van der Waals surface area contributed by atoms with E-state index in [-0.39, 0.29) is 11.6 Å². The topological polar surface area (TPSA) is 75.2 Å². The monoisotopic (exact) mass is 372 g/mol. The highest BCUT2D eigenvalue weighted by Crippen LogP contribution is 2.37. The van der Waals surface area contributed by atoms with Gasteiger partial charge < -0.3 is 14.8 Å². The SMILES string of the molecule is COc1ccc(C(c2cccc(C(=O)O)n2)c2c[nH]c3ccccc23)cc1C. The van der Waals surface area contributed by atoms with Crippen molar-refractivity contribution < 1.29 is 14.6 Å². The van der Waals surface area contributed by atoms with E-state index in [1.165, 1.54) is 6.07 Å². The zero-order valence-corrected chi connectivity index (χ0v) is 15.6. The molecule has 0 amide bonds. The summed E-state index contributed by atoms with van der Waals surface area (Å²) in [6.07, 6.45) is 1.98. The fourth-order valence-electron chi connectivity index (χ4n) is 3.65. The van der Waals surface area contributed by atoms with Crippen molar-refractivity contribution in [3.05, 3.63) is 94.9 Å². The summed E-state index contributed by atoms with van der Waals surface area (Å²) in [7, 11) is 1.65. The summed E-state index contributed by atoms with van der Waals surface area (Å²) in [5.74, 6) is -0.431. The van der Waals surface area contributed by atoms with Gasteiger partial charge >= 0.3 is 5.97 Å². The van der Waals surface area contributed by atoms with Crippen LogP contribution in [0.4, 0.5) is 0 Å². The number of hydrogen-bond acceptors (Lipinski definition) is 3. The first-order chi connectivity index (χ1) is 13.6. The van der Waals surface area contributed by atoms with Gasteiger partial charge in [-0.1, -0.05) is 36.4 Å². The molecule has 4 rings (SSSR count). The molecule has 0 saturated carbocycles.